The van der Waals surface area contributed by atoms with Gasteiger partial charge in [0.2, 0.25) is 5.91 Å². The van der Waals surface area contributed by atoms with E-state index in [0.29, 0.717) is 51.4 Å². The fourth-order valence-electron chi connectivity index (χ4n) is 9.30. The summed E-state index contributed by atoms with van der Waals surface area (Å²) in [5, 5.41) is 34.4. The Balaban J connectivity index is 0.00000208. The van der Waals surface area contributed by atoms with Crippen LogP contribution in [0.5, 0.6) is 0 Å². The van der Waals surface area contributed by atoms with Crippen molar-refractivity contribution in [1.82, 2.24) is 24.4 Å². The number of carbonyl (C=O) groups excluding carboxylic acids is 2. The van der Waals surface area contributed by atoms with Crippen molar-refractivity contribution in [3.8, 4) is 6.07 Å². The van der Waals surface area contributed by atoms with Crippen LogP contribution < -0.4 is 21.7 Å². The molecule has 16 nitrogen and oxygen atoms in total. The highest BCUT2D eigenvalue weighted by atomic mass is 16.3. The molecule has 1 unspecified atom stereocenters. The number of amides is 2. The van der Waals surface area contributed by atoms with Crippen LogP contribution in [0, 0.1) is 18.3 Å². The van der Waals surface area contributed by atoms with Gasteiger partial charge in [-0.1, -0.05) is 13.3 Å². The minimum absolute atomic E-state index is 0.191. The lowest BCUT2D eigenvalue weighted by Crippen LogP contribution is -2.55. The van der Waals surface area contributed by atoms with Crippen LogP contribution in [0.1, 0.15) is 117 Å². The zero-order valence-electron chi connectivity index (χ0n) is 36.3. The summed E-state index contributed by atoms with van der Waals surface area (Å²) in [6.07, 6.45) is 11.3. The van der Waals surface area contributed by atoms with Gasteiger partial charge in [-0.15, -0.1) is 0 Å². The monoisotopic (exact) mass is 847 g/mol. The number of piperidine rings is 1. The third kappa shape index (κ3) is 10.8. The van der Waals surface area contributed by atoms with Gasteiger partial charge in [-0.05, 0) is 108 Å². The van der Waals surface area contributed by atoms with Crippen molar-refractivity contribution < 1.29 is 24.6 Å². The molecule has 7 N–H and O–H groups in total. The lowest BCUT2D eigenvalue weighted by molar-refractivity contribution is -0.123. The summed E-state index contributed by atoms with van der Waals surface area (Å²) in [6, 6.07) is 16.1. The van der Waals surface area contributed by atoms with E-state index in [4.69, 9.17) is 31.3 Å². The molecule has 7 rings (SSSR count). The number of primary amides is 1. The molecule has 16 heteroatoms. The van der Waals surface area contributed by atoms with Gasteiger partial charge in [0.25, 0.3) is 12.4 Å². The van der Waals surface area contributed by atoms with E-state index in [-0.39, 0.29) is 24.3 Å². The number of nitrogen functional groups attached to an aromatic ring is 1. The SMILES string of the molecule is CCCC(C(N)=O)c1ccc(N2CCC(N3CCN(C4CCC(N=Cc5cc(NC(=O)c6ccc7cc(C#N)cnn67)c(C(C)(C)O)cc5N)CC4)CC3)CC2)c(C)n1.O=CO. The number of nitrogens with two attached hydrogens (primary N) is 2. The number of piperazine rings is 1. The first-order valence-electron chi connectivity index (χ1n) is 21.7. The molecule has 330 valence electrons. The Morgan fingerprint density at radius 1 is 1.00 bits per heavy atom. The maximum atomic E-state index is 13.5. The summed E-state index contributed by atoms with van der Waals surface area (Å²) >= 11 is 0. The molecule has 1 aliphatic carbocycles. The molecule has 1 saturated carbocycles. The van der Waals surface area contributed by atoms with Crippen molar-refractivity contribution in [1.29, 1.82) is 5.26 Å². The Morgan fingerprint density at radius 3 is 2.23 bits per heavy atom. The molecular formula is C46H61N11O5. The number of nitrogens with zero attached hydrogens (tertiary/aromatic N) is 8. The number of aromatic nitrogens is 3. The topological polar surface area (TPSA) is 232 Å². The summed E-state index contributed by atoms with van der Waals surface area (Å²) in [4.78, 5) is 51.5. The number of nitrogens with one attached hydrogen (secondary N) is 1. The smallest absolute Gasteiger partial charge is 0.290 e. The van der Waals surface area contributed by atoms with Gasteiger partial charge in [-0.2, -0.15) is 10.4 Å². The van der Waals surface area contributed by atoms with Crippen LogP contribution in [0.25, 0.3) is 5.52 Å². The Morgan fingerprint density at radius 2 is 1.65 bits per heavy atom. The third-order valence-corrected chi connectivity index (χ3v) is 12.6. The number of hydrogen-bond donors (Lipinski definition) is 5. The Hall–Kier alpha value is -5.89. The van der Waals surface area contributed by atoms with E-state index < -0.39 is 11.5 Å². The van der Waals surface area contributed by atoms with E-state index >= 15 is 0 Å². The van der Waals surface area contributed by atoms with Crippen molar-refractivity contribution in [3.63, 3.8) is 0 Å². The molecule has 0 bridgehead atoms. The van der Waals surface area contributed by atoms with Gasteiger partial charge in [0.15, 0.2) is 0 Å². The quantitative estimate of drug-likeness (QED) is 0.0716. The maximum Gasteiger partial charge on any atom is 0.290 e. The number of carboxylic acid groups (broad SMARTS) is 1. The van der Waals surface area contributed by atoms with E-state index in [1.165, 1.54) is 10.7 Å². The number of pyridine rings is 1. The summed E-state index contributed by atoms with van der Waals surface area (Å²) in [6.45, 7) is 13.6. The Kier molecular flexibility index (Phi) is 15.0. The third-order valence-electron chi connectivity index (χ3n) is 12.6. The van der Waals surface area contributed by atoms with Gasteiger partial charge in [0, 0.05) is 80.1 Å². The number of aliphatic hydroxyl groups is 1. The Labute approximate surface area is 363 Å². The molecule has 1 atom stereocenters. The highest BCUT2D eigenvalue weighted by Gasteiger charge is 2.32. The van der Waals surface area contributed by atoms with Crippen LogP contribution in [0.3, 0.4) is 0 Å². The molecule has 3 aliphatic rings. The van der Waals surface area contributed by atoms with Gasteiger partial charge < -0.3 is 31.9 Å². The number of benzene rings is 1. The summed E-state index contributed by atoms with van der Waals surface area (Å²) in [5.74, 6) is -1.03. The molecule has 1 aromatic carbocycles. The number of anilines is 3. The first-order valence-corrected chi connectivity index (χ1v) is 21.7. The van der Waals surface area contributed by atoms with E-state index in [1.807, 2.05) is 19.2 Å². The van der Waals surface area contributed by atoms with E-state index in [1.54, 1.807) is 44.2 Å². The number of nitriles is 1. The molecule has 5 heterocycles. The molecule has 3 fully saturated rings. The first kappa shape index (κ1) is 45.6. The molecule has 62 heavy (non-hydrogen) atoms. The van der Waals surface area contributed by atoms with Crippen molar-refractivity contribution in [2.45, 2.75) is 109 Å². The summed E-state index contributed by atoms with van der Waals surface area (Å²) in [5.41, 5.74) is 17.3. The van der Waals surface area contributed by atoms with E-state index in [2.05, 4.69) is 44.2 Å². The minimum Gasteiger partial charge on any atom is -0.483 e. The van der Waals surface area contributed by atoms with Crippen LogP contribution in [-0.2, 0) is 15.2 Å². The van der Waals surface area contributed by atoms with Crippen LogP contribution >= 0.6 is 0 Å². The van der Waals surface area contributed by atoms with Crippen LogP contribution in [0.2, 0.25) is 0 Å². The second-order valence-corrected chi connectivity index (χ2v) is 17.2. The van der Waals surface area contributed by atoms with E-state index in [0.717, 1.165) is 108 Å². The zero-order valence-corrected chi connectivity index (χ0v) is 36.3. The Bertz CT molecular complexity index is 2270. The lowest BCUT2D eigenvalue weighted by Gasteiger charge is -2.46. The molecule has 2 aliphatic heterocycles. The largest absolute Gasteiger partial charge is 0.483 e. The van der Waals surface area contributed by atoms with Crippen molar-refractivity contribution >= 4 is 47.1 Å². The second-order valence-electron chi connectivity index (χ2n) is 17.2. The van der Waals surface area contributed by atoms with Crippen LogP contribution in [0.15, 0.2) is 53.7 Å². The molecule has 2 amide bonds. The fourth-order valence-corrected chi connectivity index (χ4v) is 9.30. The fraction of sp³-hybridized carbons (Fsp3) is 0.500. The van der Waals surface area contributed by atoms with Gasteiger partial charge >= 0.3 is 0 Å². The molecule has 4 aromatic rings. The number of aliphatic imine (C=N–C) groups is 1. The number of aryl methyl sites for hydroxylation is 1. The lowest BCUT2D eigenvalue weighted by atomic mass is 9.90. The first-order chi connectivity index (χ1) is 29.7. The average molecular weight is 848 g/mol. The van der Waals surface area contributed by atoms with Crippen molar-refractivity contribution in [2.75, 3.05) is 55.2 Å². The van der Waals surface area contributed by atoms with Crippen molar-refractivity contribution in [2.24, 2.45) is 10.7 Å². The van der Waals surface area contributed by atoms with Gasteiger partial charge in [-0.3, -0.25) is 34.2 Å². The maximum absolute atomic E-state index is 13.5. The molecular weight excluding hydrogens is 787 g/mol. The molecule has 0 spiro atoms. The highest BCUT2D eigenvalue weighted by molar-refractivity contribution is 6.05. The number of carbonyl (C=O) groups is 3. The molecule has 2 saturated heterocycles. The van der Waals surface area contributed by atoms with Gasteiger partial charge in [0.1, 0.15) is 11.8 Å². The predicted molar refractivity (Wildman–Crippen MR) is 240 cm³/mol. The van der Waals surface area contributed by atoms with Crippen molar-refractivity contribution in [3.05, 3.63) is 82.4 Å². The number of rotatable bonds is 12. The zero-order chi connectivity index (χ0) is 44.6. The predicted octanol–water partition coefficient (Wildman–Crippen LogP) is 5.06. The number of hydrogen-bond acceptors (Lipinski definition) is 12. The summed E-state index contributed by atoms with van der Waals surface area (Å²) < 4.78 is 1.49. The average Bonchev–Trinajstić information content (AvgIpc) is 3.69. The van der Waals surface area contributed by atoms with Crippen LogP contribution in [0.4, 0.5) is 17.1 Å². The second kappa shape index (κ2) is 20.3. The summed E-state index contributed by atoms with van der Waals surface area (Å²) in [7, 11) is 0. The van der Waals surface area contributed by atoms with Gasteiger partial charge in [-0.25, -0.2) is 4.52 Å². The number of fused-ring (bicyclic) bond motifs is 1. The van der Waals surface area contributed by atoms with Crippen LogP contribution in [-0.4, -0.2) is 117 Å². The van der Waals surface area contributed by atoms with Gasteiger partial charge in [0.05, 0.1) is 51.9 Å². The molecule has 3 aromatic heterocycles. The standard InChI is InChI=1S/C45H59N11O3.CH2O2/c1-5-6-36(43(48)57)39-12-14-41(29(2)51-39)55-17-15-34(16-18-55)54-21-19-53(20-22-54)33-9-7-32(8-10-33)49-28-31-24-40(37(25-38(31)47)45(3,4)59)52-44(58)42-13-11-35-23-30(26-46)27-50-56(35)42;2-1-3/h11-14,23-25,27-28,32-34,36,59H,5-10,15-22,47H2,1-4H3,(H2,48,57)(H,52,58);1H,(H,2,3). The minimum atomic E-state index is -1.27. The normalized spacial score (nSPS) is 19.7. The highest BCUT2D eigenvalue weighted by Crippen LogP contribution is 2.34. The molecule has 0 radical (unpaired) electrons. The van der Waals surface area contributed by atoms with E-state index in [9.17, 15) is 20.0 Å².